The quantitative estimate of drug-likeness (QED) is 0.852. The minimum Gasteiger partial charge on any atom is -0.349 e. The molecule has 2 heterocycles. The monoisotopic (exact) mass is 289 g/mol. The predicted octanol–water partition coefficient (Wildman–Crippen LogP) is 2.49. The first-order valence-electron chi connectivity index (χ1n) is 6.60. The van der Waals surface area contributed by atoms with Crippen molar-refractivity contribution in [2.45, 2.75) is 19.0 Å². The Labute approximate surface area is 123 Å². The molecule has 0 bridgehead atoms. The van der Waals surface area contributed by atoms with Crippen molar-refractivity contribution in [2.24, 2.45) is 0 Å². The fraction of sp³-hybridized carbons (Fsp3) is 0.333. The van der Waals surface area contributed by atoms with Crippen molar-refractivity contribution in [1.82, 2.24) is 14.9 Å². The molecule has 0 fully saturated rings. The van der Waals surface area contributed by atoms with Gasteiger partial charge in [0.05, 0.1) is 12.2 Å². The Bertz CT molecular complexity index is 513. The number of nitrogens with zero attached hydrogens (tertiary/aromatic N) is 2. The van der Waals surface area contributed by atoms with Crippen LogP contribution in [0.4, 0.5) is 0 Å². The minimum absolute atomic E-state index is 0.0425. The van der Waals surface area contributed by atoms with E-state index in [4.69, 9.17) is 0 Å². The smallest absolute Gasteiger partial charge is 0.243 e. The number of nitrogens with one attached hydrogen (secondary N) is 1. The number of rotatable bonds is 7. The summed E-state index contributed by atoms with van der Waals surface area (Å²) in [5.74, 6) is 1.00. The van der Waals surface area contributed by atoms with Crippen LogP contribution >= 0.6 is 11.8 Å². The third-order valence-electron chi connectivity index (χ3n) is 3.06. The lowest BCUT2D eigenvalue weighted by molar-refractivity contribution is -0.124. The summed E-state index contributed by atoms with van der Waals surface area (Å²) < 4.78 is 1.96. The van der Waals surface area contributed by atoms with Crippen molar-refractivity contribution in [3.05, 3.63) is 54.6 Å². The average Bonchev–Trinajstić information content (AvgIpc) is 3.01. The van der Waals surface area contributed by atoms with Crippen LogP contribution in [-0.4, -0.2) is 27.5 Å². The van der Waals surface area contributed by atoms with E-state index in [0.717, 1.165) is 17.9 Å². The summed E-state index contributed by atoms with van der Waals surface area (Å²) in [6.07, 6.45) is 8.48. The highest BCUT2D eigenvalue weighted by Crippen LogP contribution is 2.15. The van der Waals surface area contributed by atoms with Gasteiger partial charge in [0.2, 0.25) is 5.91 Å². The highest BCUT2D eigenvalue weighted by molar-refractivity contribution is 7.98. The Kier molecular flexibility index (Phi) is 5.68. The molecule has 0 radical (unpaired) electrons. The second kappa shape index (κ2) is 7.75. The summed E-state index contributed by atoms with van der Waals surface area (Å²) in [7, 11) is 0. The van der Waals surface area contributed by atoms with Gasteiger partial charge in [-0.1, -0.05) is 6.07 Å². The van der Waals surface area contributed by atoms with E-state index in [0.29, 0.717) is 6.54 Å². The van der Waals surface area contributed by atoms with Gasteiger partial charge in [0.1, 0.15) is 6.04 Å². The Balaban J connectivity index is 1.96. The molecule has 0 saturated carbocycles. The molecule has 0 saturated heterocycles. The topological polar surface area (TPSA) is 46.9 Å². The van der Waals surface area contributed by atoms with Crippen LogP contribution in [0.1, 0.15) is 18.2 Å². The fourth-order valence-electron chi connectivity index (χ4n) is 2.00. The SMILES string of the molecule is CSCC[C@H](C(=O)NCc1ccccn1)n1cccc1. The van der Waals surface area contributed by atoms with E-state index in [-0.39, 0.29) is 11.9 Å². The molecule has 5 heteroatoms. The average molecular weight is 289 g/mol. The van der Waals surface area contributed by atoms with Gasteiger partial charge in [-0.3, -0.25) is 9.78 Å². The van der Waals surface area contributed by atoms with Crippen LogP contribution in [0.5, 0.6) is 0 Å². The van der Waals surface area contributed by atoms with E-state index in [1.807, 2.05) is 47.3 Å². The van der Waals surface area contributed by atoms with Crippen molar-refractivity contribution in [1.29, 1.82) is 0 Å². The third kappa shape index (κ3) is 4.13. The normalized spacial score (nSPS) is 12.1. The summed E-state index contributed by atoms with van der Waals surface area (Å²) in [6.45, 7) is 0.469. The number of pyridine rings is 1. The lowest BCUT2D eigenvalue weighted by Gasteiger charge is -2.18. The van der Waals surface area contributed by atoms with Gasteiger partial charge in [0.25, 0.3) is 0 Å². The number of thioether (sulfide) groups is 1. The molecule has 2 aromatic rings. The minimum atomic E-state index is -0.152. The molecular formula is C15H19N3OS. The van der Waals surface area contributed by atoms with Crippen LogP contribution in [0.15, 0.2) is 48.9 Å². The zero-order chi connectivity index (χ0) is 14.2. The number of amides is 1. The van der Waals surface area contributed by atoms with E-state index in [1.165, 1.54) is 0 Å². The molecule has 0 unspecified atom stereocenters. The lowest BCUT2D eigenvalue weighted by Crippen LogP contribution is -2.32. The molecule has 0 aromatic carbocycles. The zero-order valence-corrected chi connectivity index (χ0v) is 12.3. The second-order valence-electron chi connectivity index (χ2n) is 4.47. The summed E-state index contributed by atoms with van der Waals surface area (Å²) in [6, 6.07) is 9.43. The lowest BCUT2D eigenvalue weighted by atomic mass is 10.2. The van der Waals surface area contributed by atoms with Crippen LogP contribution in [0, 0.1) is 0 Å². The molecule has 0 aliphatic carbocycles. The van der Waals surface area contributed by atoms with E-state index >= 15 is 0 Å². The first-order valence-corrected chi connectivity index (χ1v) is 7.99. The molecule has 106 valence electrons. The van der Waals surface area contributed by atoms with Gasteiger partial charge >= 0.3 is 0 Å². The fourth-order valence-corrected chi connectivity index (χ4v) is 2.46. The van der Waals surface area contributed by atoms with Gasteiger partial charge in [-0.15, -0.1) is 0 Å². The Morgan fingerprint density at radius 3 is 2.80 bits per heavy atom. The molecule has 1 amide bonds. The van der Waals surface area contributed by atoms with Crippen LogP contribution in [0.25, 0.3) is 0 Å². The summed E-state index contributed by atoms with van der Waals surface area (Å²) in [4.78, 5) is 16.6. The number of aromatic nitrogens is 2. The molecule has 0 aliphatic heterocycles. The summed E-state index contributed by atoms with van der Waals surface area (Å²) in [5.41, 5.74) is 0.872. The standard InChI is InChI=1S/C15H19N3OS/c1-20-11-7-14(18-9-4-5-10-18)15(19)17-12-13-6-2-3-8-16-13/h2-6,8-10,14H,7,11-12H2,1H3,(H,17,19)/t14-/m1/s1. The van der Waals surface area contributed by atoms with Crippen LogP contribution in [-0.2, 0) is 11.3 Å². The Morgan fingerprint density at radius 1 is 1.35 bits per heavy atom. The molecule has 0 spiro atoms. The van der Waals surface area contributed by atoms with E-state index in [2.05, 4.69) is 16.6 Å². The Hall–Kier alpha value is -1.75. The number of carbonyl (C=O) groups is 1. The zero-order valence-electron chi connectivity index (χ0n) is 11.5. The third-order valence-corrected chi connectivity index (χ3v) is 3.70. The maximum Gasteiger partial charge on any atom is 0.243 e. The molecule has 0 aliphatic rings. The predicted molar refractivity (Wildman–Crippen MR) is 82.6 cm³/mol. The van der Waals surface area contributed by atoms with Gasteiger partial charge in [0.15, 0.2) is 0 Å². The highest BCUT2D eigenvalue weighted by Gasteiger charge is 2.18. The molecule has 4 nitrogen and oxygen atoms in total. The molecule has 2 rings (SSSR count). The van der Waals surface area contributed by atoms with E-state index < -0.39 is 0 Å². The van der Waals surface area contributed by atoms with Gasteiger partial charge < -0.3 is 9.88 Å². The van der Waals surface area contributed by atoms with Crippen LogP contribution in [0.3, 0.4) is 0 Å². The first kappa shape index (κ1) is 14.7. The van der Waals surface area contributed by atoms with E-state index in [1.54, 1.807) is 18.0 Å². The molecule has 1 atom stereocenters. The maximum absolute atomic E-state index is 12.4. The van der Waals surface area contributed by atoms with Crippen LogP contribution in [0.2, 0.25) is 0 Å². The van der Waals surface area contributed by atoms with Gasteiger partial charge in [-0.05, 0) is 42.7 Å². The molecule has 1 N–H and O–H groups in total. The maximum atomic E-state index is 12.4. The van der Waals surface area contributed by atoms with Crippen molar-refractivity contribution < 1.29 is 4.79 Å². The largest absolute Gasteiger partial charge is 0.349 e. The molecule has 20 heavy (non-hydrogen) atoms. The van der Waals surface area contributed by atoms with Crippen molar-refractivity contribution in [3.63, 3.8) is 0 Å². The van der Waals surface area contributed by atoms with Crippen molar-refractivity contribution >= 4 is 17.7 Å². The number of hydrogen-bond donors (Lipinski definition) is 1. The van der Waals surface area contributed by atoms with Gasteiger partial charge in [-0.2, -0.15) is 11.8 Å². The van der Waals surface area contributed by atoms with Crippen molar-refractivity contribution in [3.8, 4) is 0 Å². The second-order valence-corrected chi connectivity index (χ2v) is 5.45. The Morgan fingerprint density at radius 2 is 2.15 bits per heavy atom. The van der Waals surface area contributed by atoms with Crippen LogP contribution < -0.4 is 5.32 Å². The molecule has 2 aromatic heterocycles. The first-order chi connectivity index (χ1) is 9.81. The van der Waals surface area contributed by atoms with Gasteiger partial charge in [0, 0.05) is 18.6 Å². The van der Waals surface area contributed by atoms with Crippen molar-refractivity contribution in [2.75, 3.05) is 12.0 Å². The summed E-state index contributed by atoms with van der Waals surface area (Å²) >= 11 is 1.75. The van der Waals surface area contributed by atoms with Gasteiger partial charge in [-0.25, -0.2) is 0 Å². The summed E-state index contributed by atoms with van der Waals surface area (Å²) in [5, 5.41) is 2.96. The number of hydrogen-bond acceptors (Lipinski definition) is 3. The van der Waals surface area contributed by atoms with E-state index in [9.17, 15) is 4.79 Å². The molecular weight excluding hydrogens is 270 g/mol. The number of carbonyl (C=O) groups excluding carboxylic acids is 1. The highest BCUT2D eigenvalue weighted by atomic mass is 32.2.